The number of likely N-dealkylation sites (tertiary alicyclic amines) is 1. The van der Waals surface area contributed by atoms with E-state index in [9.17, 15) is 14.4 Å². The Kier molecular flexibility index (Phi) is 8.13. The largest absolute Gasteiger partial charge is 0.466 e. The average molecular weight is 458 g/mol. The lowest BCUT2D eigenvalue weighted by Crippen LogP contribution is -2.50. The number of hydrogen-bond donors (Lipinski definition) is 1. The smallest absolute Gasteiger partial charge is 0.338 e. The van der Waals surface area contributed by atoms with Gasteiger partial charge in [-0.15, -0.1) is 0 Å². The number of aryl methyl sites for hydroxylation is 2. The highest BCUT2D eigenvalue weighted by Gasteiger charge is 2.38. The van der Waals surface area contributed by atoms with Crippen molar-refractivity contribution in [2.45, 2.75) is 46.6 Å². The number of esters is 2. The fourth-order valence-electron chi connectivity index (χ4n) is 4.58. The number of amides is 2. The molecule has 0 saturated carbocycles. The predicted molar refractivity (Wildman–Crippen MR) is 124 cm³/mol. The molecule has 0 aromatic heterocycles. The SMILES string of the molecule is CCOC(=O)C1=C(CN2CCC(C(=O)OCC)CC2)N(C)C(=O)NC1c1ccc(C)cc1C. The number of carbonyl (C=O) groups is 3. The number of ether oxygens (including phenoxy) is 2. The first-order valence-electron chi connectivity index (χ1n) is 11.7. The fourth-order valence-corrected chi connectivity index (χ4v) is 4.58. The third kappa shape index (κ3) is 5.55. The molecule has 2 aliphatic heterocycles. The predicted octanol–water partition coefficient (Wildman–Crippen LogP) is 3.09. The van der Waals surface area contributed by atoms with Crippen molar-refractivity contribution in [1.82, 2.24) is 15.1 Å². The molecule has 8 nitrogen and oxygen atoms in total. The van der Waals surface area contributed by atoms with Gasteiger partial charge in [0.25, 0.3) is 0 Å². The van der Waals surface area contributed by atoms with Crippen molar-refractivity contribution < 1.29 is 23.9 Å². The fraction of sp³-hybridized carbons (Fsp3) is 0.560. The summed E-state index contributed by atoms with van der Waals surface area (Å²) in [6.45, 7) is 10.0. The molecular formula is C25H35N3O5. The zero-order chi connectivity index (χ0) is 24.1. The van der Waals surface area contributed by atoms with E-state index in [2.05, 4.69) is 10.2 Å². The van der Waals surface area contributed by atoms with E-state index in [0.717, 1.165) is 16.7 Å². The quantitative estimate of drug-likeness (QED) is 0.633. The number of hydrogen-bond acceptors (Lipinski definition) is 6. The number of likely N-dealkylation sites (N-methyl/N-ethyl adjacent to an activating group) is 1. The van der Waals surface area contributed by atoms with Gasteiger partial charge in [0.05, 0.1) is 30.7 Å². The van der Waals surface area contributed by atoms with E-state index in [1.54, 1.807) is 14.0 Å². The Morgan fingerprint density at radius 2 is 1.76 bits per heavy atom. The third-order valence-electron chi connectivity index (χ3n) is 6.39. The van der Waals surface area contributed by atoms with E-state index in [4.69, 9.17) is 9.47 Å². The van der Waals surface area contributed by atoms with Crippen molar-refractivity contribution in [2.75, 3.05) is 39.9 Å². The Bertz CT molecular complexity index is 934. The standard InChI is InChI=1S/C25H35N3O5/c1-6-32-23(29)18-10-12-28(13-11-18)15-20-21(24(30)33-7-2)22(26-25(31)27(20)5)19-9-8-16(3)14-17(19)4/h8-9,14,18,22H,6-7,10-13,15H2,1-5H3,(H,26,31). The van der Waals surface area contributed by atoms with E-state index in [0.29, 0.717) is 50.4 Å². The number of nitrogens with zero attached hydrogens (tertiary/aromatic N) is 2. The molecule has 1 atom stereocenters. The summed E-state index contributed by atoms with van der Waals surface area (Å²) in [5, 5.41) is 2.98. The highest BCUT2D eigenvalue weighted by molar-refractivity contribution is 5.95. The van der Waals surface area contributed by atoms with Gasteiger partial charge in [-0.05, 0) is 64.8 Å². The van der Waals surface area contributed by atoms with Crippen LogP contribution in [0.25, 0.3) is 0 Å². The molecule has 1 saturated heterocycles. The number of urea groups is 1. The van der Waals surface area contributed by atoms with Gasteiger partial charge in [-0.3, -0.25) is 14.6 Å². The van der Waals surface area contributed by atoms with E-state index >= 15 is 0 Å². The number of carbonyl (C=O) groups excluding carboxylic acids is 3. The molecule has 3 rings (SSSR count). The van der Waals surface area contributed by atoms with Crippen LogP contribution in [0.1, 0.15) is 49.4 Å². The molecule has 2 amide bonds. The van der Waals surface area contributed by atoms with Crippen LogP contribution in [0.4, 0.5) is 4.79 Å². The van der Waals surface area contributed by atoms with Crippen LogP contribution in [-0.4, -0.2) is 67.7 Å². The van der Waals surface area contributed by atoms with Crippen molar-refractivity contribution in [3.05, 3.63) is 46.2 Å². The number of piperidine rings is 1. The summed E-state index contributed by atoms with van der Waals surface area (Å²) in [6, 6.07) is 5.14. The van der Waals surface area contributed by atoms with Gasteiger partial charge in [0.15, 0.2) is 0 Å². The maximum atomic E-state index is 13.1. The van der Waals surface area contributed by atoms with Crippen molar-refractivity contribution in [2.24, 2.45) is 5.92 Å². The first-order valence-corrected chi connectivity index (χ1v) is 11.7. The number of nitrogens with one attached hydrogen (secondary N) is 1. The lowest BCUT2D eigenvalue weighted by molar-refractivity contribution is -0.149. The van der Waals surface area contributed by atoms with Crippen molar-refractivity contribution >= 4 is 18.0 Å². The molecule has 0 bridgehead atoms. The minimum Gasteiger partial charge on any atom is -0.466 e. The molecule has 180 valence electrons. The monoisotopic (exact) mass is 457 g/mol. The Morgan fingerprint density at radius 3 is 2.36 bits per heavy atom. The van der Waals surface area contributed by atoms with E-state index in [1.165, 1.54) is 4.90 Å². The number of benzene rings is 1. The summed E-state index contributed by atoms with van der Waals surface area (Å²) in [4.78, 5) is 41.8. The number of rotatable bonds is 7. The normalized spacial score (nSPS) is 20.0. The van der Waals surface area contributed by atoms with Gasteiger partial charge >= 0.3 is 18.0 Å². The molecule has 8 heteroatoms. The van der Waals surface area contributed by atoms with Gasteiger partial charge in [-0.25, -0.2) is 9.59 Å². The zero-order valence-electron chi connectivity index (χ0n) is 20.3. The Hall–Kier alpha value is -2.87. The molecular weight excluding hydrogens is 422 g/mol. The summed E-state index contributed by atoms with van der Waals surface area (Å²) >= 11 is 0. The topological polar surface area (TPSA) is 88.2 Å². The highest BCUT2D eigenvalue weighted by Crippen LogP contribution is 2.34. The molecule has 0 spiro atoms. The lowest BCUT2D eigenvalue weighted by Gasteiger charge is -2.38. The Morgan fingerprint density at radius 1 is 1.09 bits per heavy atom. The third-order valence-corrected chi connectivity index (χ3v) is 6.39. The summed E-state index contributed by atoms with van der Waals surface area (Å²) in [5.41, 5.74) is 4.09. The van der Waals surface area contributed by atoms with Gasteiger partial charge < -0.3 is 14.8 Å². The molecule has 2 aliphatic rings. The minimum atomic E-state index is -0.583. The van der Waals surface area contributed by atoms with Crippen LogP contribution < -0.4 is 5.32 Å². The minimum absolute atomic E-state index is 0.102. The summed E-state index contributed by atoms with van der Waals surface area (Å²) < 4.78 is 10.6. The van der Waals surface area contributed by atoms with Crippen LogP contribution in [-0.2, 0) is 19.1 Å². The summed E-state index contributed by atoms with van der Waals surface area (Å²) in [5.74, 6) is -0.673. The lowest BCUT2D eigenvalue weighted by atomic mass is 9.90. The van der Waals surface area contributed by atoms with Crippen LogP contribution in [0.3, 0.4) is 0 Å². The molecule has 1 unspecified atom stereocenters. The maximum absolute atomic E-state index is 13.1. The van der Waals surface area contributed by atoms with Crippen molar-refractivity contribution in [1.29, 1.82) is 0 Å². The molecule has 0 aliphatic carbocycles. The second kappa shape index (κ2) is 10.8. The second-order valence-electron chi connectivity index (χ2n) is 8.68. The Balaban J connectivity index is 1.92. The van der Waals surface area contributed by atoms with E-state index in [1.807, 2.05) is 39.0 Å². The van der Waals surface area contributed by atoms with Crippen molar-refractivity contribution in [3.8, 4) is 0 Å². The molecule has 1 aromatic rings. The first kappa shape index (κ1) is 24.8. The second-order valence-corrected chi connectivity index (χ2v) is 8.68. The van der Waals surface area contributed by atoms with Gasteiger partial charge in [0.2, 0.25) is 0 Å². The van der Waals surface area contributed by atoms with Crippen LogP contribution in [0.15, 0.2) is 29.5 Å². The van der Waals surface area contributed by atoms with Crippen LogP contribution in [0, 0.1) is 19.8 Å². The van der Waals surface area contributed by atoms with Crippen molar-refractivity contribution in [3.63, 3.8) is 0 Å². The average Bonchev–Trinajstić information content (AvgIpc) is 2.77. The van der Waals surface area contributed by atoms with Crippen LogP contribution in [0.2, 0.25) is 0 Å². The van der Waals surface area contributed by atoms with Gasteiger partial charge in [-0.1, -0.05) is 23.8 Å². The highest BCUT2D eigenvalue weighted by atomic mass is 16.5. The summed E-state index contributed by atoms with van der Waals surface area (Å²) in [6.07, 6.45) is 1.38. The molecule has 1 fully saturated rings. The first-order chi connectivity index (χ1) is 15.8. The van der Waals surface area contributed by atoms with E-state index in [-0.39, 0.29) is 24.5 Å². The van der Waals surface area contributed by atoms with Gasteiger partial charge in [0, 0.05) is 19.3 Å². The van der Waals surface area contributed by atoms with Gasteiger partial charge in [-0.2, -0.15) is 0 Å². The molecule has 0 radical (unpaired) electrons. The van der Waals surface area contributed by atoms with Gasteiger partial charge in [0.1, 0.15) is 0 Å². The van der Waals surface area contributed by atoms with Crippen LogP contribution >= 0.6 is 0 Å². The van der Waals surface area contributed by atoms with E-state index < -0.39 is 12.0 Å². The molecule has 33 heavy (non-hydrogen) atoms. The summed E-state index contributed by atoms with van der Waals surface area (Å²) in [7, 11) is 1.67. The van der Waals surface area contributed by atoms with Crippen LogP contribution in [0.5, 0.6) is 0 Å². The Labute approximate surface area is 195 Å². The zero-order valence-corrected chi connectivity index (χ0v) is 20.3. The molecule has 1 aromatic carbocycles. The molecule has 2 heterocycles. The maximum Gasteiger partial charge on any atom is 0.338 e. The molecule has 1 N–H and O–H groups in total.